The molecule has 0 heterocycles. The number of amides is 2. The van der Waals surface area contributed by atoms with Gasteiger partial charge in [0.15, 0.2) is 0 Å². The van der Waals surface area contributed by atoms with Gasteiger partial charge in [0.2, 0.25) is 11.8 Å². The van der Waals surface area contributed by atoms with E-state index in [-0.39, 0.29) is 11.8 Å². The summed E-state index contributed by atoms with van der Waals surface area (Å²) in [5.74, 6) is -1.49. The zero-order chi connectivity index (χ0) is 18.2. The number of hydrogen-bond donors (Lipinski definition) is 2. The van der Waals surface area contributed by atoms with E-state index in [9.17, 15) is 9.59 Å². The van der Waals surface area contributed by atoms with Crippen molar-refractivity contribution in [2.45, 2.75) is 6.42 Å². The smallest absolute Gasteiger partial charge is 0.237 e. The molecule has 0 aliphatic carbocycles. The Balaban J connectivity index is 1.78. The summed E-state index contributed by atoms with van der Waals surface area (Å²) in [7, 11) is 0. The van der Waals surface area contributed by atoms with Gasteiger partial charge in [-0.2, -0.15) is 0 Å². The number of carbonyl (C=O) groups excluding carboxylic acids is 2. The van der Waals surface area contributed by atoms with Crippen LogP contribution in [0.4, 0.5) is 11.4 Å². The lowest BCUT2D eigenvalue weighted by Crippen LogP contribution is -2.35. The Bertz CT molecular complexity index is 796. The summed E-state index contributed by atoms with van der Waals surface area (Å²) in [5.41, 5.74) is 2.27. The largest absolute Gasteiger partial charge is 0.325 e. The number of anilines is 2. The van der Waals surface area contributed by atoms with Crippen LogP contribution in [-0.2, 0) is 16.0 Å². The maximum Gasteiger partial charge on any atom is 0.237 e. The van der Waals surface area contributed by atoms with Crippen molar-refractivity contribution in [2.75, 3.05) is 10.6 Å². The summed E-state index contributed by atoms with van der Waals surface area (Å²) in [4.78, 5) is 25.6. The Morgan fingerprint density at radius 2 is 1.00 bits per heavy atom. The van der Waals surface area contributed by atoms with Gasteiger partial charge in [-0.3, -0.25) is 9.59 Å². The second-order valence-corrected chi connectivity index (χ2v) is 5.95. The average Bonchev–Trinajstić information content (AvgIpc) is 2.68. The molecule has 3 aromatic rings. The first-order chi connectivity index (χ1) is 12.7. The summed E-state index contributed by atoms with van der Waals surface area (Å²) in [6.45, 7) is 0. The molecule has 0 saturated heterocycles. The van der Waals surface area contributed by atoms with E-state index in [0.717, 1.165) is 5.56 Å². The lowest BCUT2D eigenvalue weighted by Gasteiger charge is -2.17. The molecule has 0 aliphatic heterocycles. The predicted octanol–water partition coefficient (Wildman–Crippen LogP) is 4.12. The molecular formula is C22H20N2O2. The third-order valence-electron chi connectivity index (χ3n) is 4.00. The molecule has 26 heavy (non-hydrogen) atoms. The third kappa shape index (κ3) is 4.80. The van der Waals surface area contributed by atoms with E-state index in [1.54, 1.807) is 24.3 Å². The first-order valence-corrected chi connectivity index (χ1v) is 8.48. The first-order valence-electron chi connectivity index (χ1n) is 8.48. The van der Waals surface area contributed by atoms with E-state index in [2.05, 4.69) is 10.6 Å². The van der Waals surface area contributed by atoms with Crippen molar-refractivity contribution in [3.8, 4) is 0 Å². The van der Waals surface area contributed by atoms with Gasteiger partial charge in [0.25, 0.3) is 0 Å². The van der Waals surface area contributed by atoms with Gasteiger partial charge < -0.3 is 10.6 Å². The number of benzene rings is 3. The lowest BCUT2D eigenvalue weighted by atomic mass is 9.97. The highest BCUT2D eigenvalue weighted by molar-refractivity contribution is 6.10. The lowest BCUT2D eigenvalue weighted by molar-refractivity contribution is -0.129. The van der Waals surface area contributed by atoms with Gasteiger partial charge in [-0.15, -0.1) is 0 Å². The van der Waals surface area contributed by atoms with E-state index >= 15 is 0 Å². The van der Waals surface area contributed by atoms with Crippen LogP contribution in [0.3, 0.4) is 0 Å². The molecule has 0 unspecified atom stereocenters. The van der Waals surface area contributed by atoms with Crippen molar-refractivity contribution in [1.82, 2.24) is 0 Å². The minimum Gasteiger partial charge on any atom is -0.325 e. The van der Waals surface area contributed by atoms with Crippen LogP contribution in [0.25, 0.3) is 0 Å². The highest BCUT2D eigenvalue weighted by Crippen LogP contribution is 2.16. The normalized spacial score (nSPS) is 10.3. The maximum absolute atomic E-state index is 12.8. The number of hydrogen-bond acceptors (Lipinski definition) is 2. The van der Waals surface area contributed by atoms with E-state index in [1.807, 2.05) is 66.7 Å². The summed E-state index contributed by atoms with van der Waals surface area (Å²) >= 11 is 0. The molecule has 0 atom stereocenters. The summed E-state index contributed by atoms with van der Waals surface area (Å²) in [5, 5.41) is 5.66. The van der Waals surface area contributed by atoms with Crippen LogP contribution in [0.2, 0.25) is 0 Å². The van der Waals surface area contributed by atoms with Gasteiger partial charge in [0.05, 0.1) is 0 Å². The second-order valence-electron chi connectivity index (χ2n) is 5.95. The number of carbonyl (C=O) groups is 2. The molecule has 4 nitrogen and oxygen atoms in total. The number of nitrogens with one attached hydrogen (secondary N) is 2. The molecule has 0 saturated carbocycles. The van der Waals surface area contributed by atoms with Crippen molar-refractivity contribution in [1.29, 1.82) is 0 Å². The van der Waals surface area contributed by atoms with Crippen LogP contribution < -0.4 is 10.6 Å². The van der Waals surface area contributed by atoms with Crippen molar-refractivity contribution >= 4 is 23.2 Å². The Hall–Kier alpha value is -3.40. The SMILES string of the molecule is O=C(Nc1ccccc1)C(Cc1ccccc1)C(=O)Nc1ccccc1. The molecule has 2 N–H and O–H groups in total. The van der Waals surface area contributed by atoms with Crippen LogP contribution in [-0.4, -0.2) is 11.8 Å². The molecule has 0 spiro atoms. The van der Waals surface area contributed by atoms with E-state index in [4.69, 9.17) is 0 Å². The zero-order valence-electron chi connectivity index (χ0n) is 14.3. The molecule has 0 aromatic heterocycles. The standard InChI is InChI=1S/C22H20N2O2/c25-21(23-18-12-6-2-7-13-18)20(16-17-10-4-1-5-11-17)22(26)24-19-14-8-3-9-15-19/h1-15,20H,16H2,(H,23,25)(H,24,26). The van der Waals surface area contributed by atoms with Gasteiger partial charge in [-0.1, -0.05) is 66.7 Å². The van der Waals surface area contributed by atoms with Crippen LogP contribution >= 0.6 is 0 Å². The zero-order valence-corrected chi connectivity index (χ0v) is 14.3. The van der Waals surface area contributed by atoms with Crippen LogP contribution in [0.1, 0.15) is 5.56 Å². The molecule has 3 rings (SSSR count). The molecule has 0 fully saturated rings. The fraction of sp³-hybridized carbons (Fsp3) is 0.0909. The van der Waals surface area contributed by atoms with Gasteiger partial charge in [0, 0.05) is 11.4 Å². The van der Waals surface area contributed by atoms with Crippen LogP contribution in [0.15, 0.2) is 91.0 Å². The van der Waals surface area contributed by atoms with Crippen molar-refractivity contribution in [2.24, 2.45) is 5.92 Å². The third-order valence-corrected chi connectivity index (χ3v) is 4.00. The molecule has 0 radical (unpaired) electrons. The van der Waals surface area contributed by atoms with Crippen LogP contribution in [0.5, 0.6) is 0 Å². The van der Waals surface area contributed by atoms with Crippen molar-refractivity contribution in [3.05, 3.63) is 96.6 Å². The van der Waals surface area contributed by atoms with E-state index < -0.39 is 5.92 Å². The fourth-order valence-electron chi connectivity index (χ4n) is 2.66. The molecule has 2 amide bonds. The molecule has 0 aliphatic rings. The molecule has 4 heteroatoms. The minimum atomic E-state index is -0.835. The van der Waals surface area contributed by atoms with Gasteiger partial charge in [-0.05, 0) is 36.2 Å². The van der Waals surface area contributed by atoms with Gasteiger partial charge in [0.1, 0.15) is 5.92 Å². The Morgan fingerprint density at radius 3 is 1.42 bits per heavy atom. The monoisotopic (exact) mass is 344 g/mol. The van der Waals surface area contributed by atoms with Crippen molar-refractivity contribution < 1.29 is 9.59 Å². The Labute approximate surface area is 152 Å². The summed E-state index contributed by atoms with van der Waals surface area (Å²) in [6, 6.07) is 27.8. The maximum atomic E-state index is 12.8. The second kappa shape index (κ2) is 8.62. The summed E-state index contributed by atoms with van der Waals surface area (Å²) < 4.78 is 0. The number of rotatable bonds is 6. The highest BCUT2D eigenvalue weighted by Gasteiger charge is 2.27. The molecule has 3 aromatic carbocycles. The quantitative estimate of drug-likeness (QED) is 0.661. The summed E-state index contributed by atoms with van der Waals surface area (Å²) in [6.07, 6.45) is 0.332. The van der Waals surface area contributed by atoms with Crippen LogP contribution in [0, 0.1) is 5.92 Å². The predicted molar refractivity (Wildman–Crippen MR) is 104 cm³/mol. The van der Waals surface area contributed by atoms with Crippen molar-refractivity contribution in [3.63, 3.8) is 0 Å². The Kier molecular flexibility index (Phi) is 5.78. The molecule has 0 bridgehead atoms. The van der Waals surface area contributed by atoms with Gasteiger partial charge >= 0.3 is 0 Å². The average molecular weight is 344 g/mol. The van der Waals surface area contributed by atoms with E-state index in [1.165, 1.54) is 0 Å². The topological polar surface area (TPSA) is 58.2 Å². The Morgan fingerprint density at radius 1 is 0.615 bits per heavy atom. The van der Waals surface area contributed by atoms with E-state index in [0.29, 0.717) is 17.8 Å². The molecular weight excluding hydrogens is 324 g/mol. The number of para-hydroxylation sites is 2. The molecule has 130 valence electrons. The fourth-order valence-corrected chi connectivity index (χ4v) is 2.66. The highest BCUT2D eigenvalue weighted by atomic mass is 16.2. The minimum absolute atomic E-state index is 0.325. The first kappa shape index (κ1) is 17.4. The van der Waals surface area contributed by atoms with Gasteiger partial charge in [-0.25, -0.2) is 0 Å².